The van der Waals surface area contributed by atoms with Gasteiger partial charge in [0.25, 0.3) is 0 Å². The molecule has 0 spiro atoms. The van der Waals surface area contributed by atoms with Gasteiger partial charge < -0.3 is 9.80 Å². The summed E-state index contributed by atoms with van der Waals surface area (Å²) in [6.45, 7) is 7.26. The molecule has 24 heavy (non-hydrogen) atoms. The summed E-state index contributed by atoms with van der Waals surface area (Å²) in [6.07, 6.45) is 8.75. The highest BCUT2D eigenvalue weighted by atomic mass is 32.2. The van der Waals surface area contributed by atoms with Gasteiger partial charge in [-0.05, 0) is 65.7 Å². The first-order valence-corrected chi connectivity index (χ1v) is 12.0. The SMILES string of the molecule is CC(C)C(CCC1CCCCC1SCCN(C)C)SCCN(C)C. The fraction of sp³-hybridized carbons (Fsp3) is 1.00. The monoisotopic (exact) mass is 374 g/mol. The van der Waals surface area contributed by atoms with Crippen molar-refractivity contribution < 1.29 is 0 Å². The Hall–Kier alpha value is 0.620. The fourth-order valence-electron chi connectivity index (χ4n) is 3.48. The normalized spacial score (nSPS) is 23.4. The Kier molecular flexibility index (Phi) is 12.2. The van der Waals surface area contributed by atoms with E-state index in [0.29, 0.717) is 0 Å². The van der Waals surface area contributed by atoms with Crippen molar-refractivity contribution in [2.45, 2.75) is 62.9 Å². The van der Waals surface area contributed by atoms with Crippen LogP contribution in [0.15, 0.2) is 0 Å². The molecule has 0 aliphatic heterocycles. The predicted molar refractivity (Wildman–Crippen MR) is 116 cm³/mol. The lowest BCUT2D eigenvalue weighted by Gasteiger charge is -2.33. The van der Waals surface area contributed by atoms with Crippen LogP contribution in [-0.4, -0.2) is 73.1 Å². The molecule has 3 atom stereocenters. The highest BCUT2D eigenvalue weighted by molar-refractivity contribution is 8.00. The Morgan fingerprint density at radius 2 is 1.54 bits per heavy atom. The van der Waals surface area contributed by atoms with E-state index in [-0.39, 0.29) is 0 Å². The van der Waals surface area contributed by atoms with Gasteiger partial charge in [0.05, 0.1) is 0 Å². The Morgan fingerprint density at radius 3 is 2.17 bits per heavy atom. The molecule has 0 N–H and O–H groups in total. The molecular weight excluding hydrogens is 332 g/mol. The summed E-state index contributed by atoms with van der Waals surface area (Å²) < 4.78 is 0. The fourth-order valence-corrected chi connectivity index (χ4v) is 6.60. The molecule has 0 bridgehead atoms. The van der Waals surface area contributed by atoms with Crippen LogP contribution in [-0.2, 0) is 0 Å². The van der Waals surface area contributed by atoms with Crippen LogP contribution in [0.4, 0.5) is 0 Å². The molecule has 1 fully saturated rings. The number of thioether (sulfide) groups is 2. The average Bonchev–Trinajstić information content (AvgIpc) is 2.50. The molecule has 1 saturated carbocycles. The third-order valence-corrected chi connectivity index (χ3v) is 8.24. The van der Waals surface area contributed by atoms with Crippen molar-refractivity contribution in [1.29, 1.82) is 0 Å². The minimum absolute atomic E-state index is 0.806. The zero-order valence-electron chi connectivity index (χ0n) is 17.1. The summed E-state index contributed by atoms with van der Waals surface area (Å²) in [4.78, 5) is 4.63. The predicted octanol–water partition coefficient (Wildman–Crippen LogP) is 4.94. The van der Waals surface area contributed by atoms with E-state index in [4.69, 9.17) is 0 Å². The second-order valence-corrected chi connectivity index (χ2v) is 11.0. The second kappa shape index (κ2) is 12.9. The average molecular weight is 375 g/mol. The lowest BCUT2D eigenvalue weighted by molar-refractivity contribution is 0.335. The van der Waals surface area contributed by atoms with Gasteiger partial charge in [-0.1, -0.05) is 26.7 Å². The van der Waals surface area contributed by atoms with Crippen LogP contribution in [0.5, 0.6) is 0 Å². The summed E-state index contributed by atoms with van der Waals surface area (Å²) in [7, 11) is 8.75. The molecule has 0 aromatic heterocycles. The van der Waals surface area contributed by atoms with Crippen molar-refractivity contribution in [3.05, 3.63) is 0 Å². The van der Waals surface area contributed by atoms with Gasteiger partial charge in [-0.2, -0.15) is 23.5 Å². The molecule has 0 aromatic carbocycles. The minimum Gasteiger partial charge on any atom is -0.309 e. The standard InChI is InChI=1S/C20H42N2S2/c1-17(2)19(23-15-13-21(3)4)12-11-18-9-7-8-10-20(18)24-16-14-22(5)6/h17-20H,7-16H2,1-6H3. The van der Waals surface area contributed by atoms with Crippen LogP contribution in [0.2, 0.25) is 0 Å². The summed E-state index contributed by atoms with van der Waals surface area (Å²) in [6, 6.07) is 0. The first-order chi connectivity index (χ1) is 11.4. The van der Waals surface area contributed by atoms with Crippen LogP contribution in [0.25, 0.3) is 0 Å². The van der Waals surface area contributed by atoms with E-state index in [9.17, 15) is 0 Å². The van der Waals surface area contributed by atoms with Crippen LogP contribution in [0, 0.1) is 11.8 Å². The molecule has 3 unspecified atom stereocenters. The van der Waals surface area contributed by atoms with Crippen molar-refractivity contribution >= 4 is 23.5 Å². The van der Waals surface area contributed by atoms with Gasteiger partial charge in [0.1, 0.15) is 0 Å². The molecule has 2 nitrogen and oxygen atoms in total. The molecule has 1 aliphatic rings. The van der Waals surface area contributed by atoms with Crippen molar-refractivity contribution in [2.24, 2.45) is 11.8 Å². The molecule has 1 aliphatic carbocycles. The van der Waals surface area contributed by atoms with Gasteiger partial charge >= 0.3 is 0 Å². The quantitative estimate of drug-likeness (QED) is 0.477. The summed E-state index contributed by atoms with van der Waals surface area (Å²) in [5.41, 5.74) is 0. The molecule has 0 radical (unpaired) electrons. The van der Waals surface area contributed by atoms with E-state index in [1.807, 2.05) is 0 Å². The van der Waals surface area contributed by atoms with Gasteiger partial charge in [-0.3, -0.25) is 0 Å². The van der Waals surface area contributed by atoms with E-state index >= 15 is 0 Å². The first kappa shape index (κ1) is 22.7. The zero-order chi connectivity index (χ0) is 17.9. The summed E-state index contributed by atoms with van der Waals surface area (Å²) in [5.74, 6) is 4.36. The first-order valence-electron chi connectivity index (χ1n) is 9.92. The lowest BCUT2D eigenvalue weighted by Crippen LogP contribution is -2.26. The van der Waals surface area contributed by atoms with Crippen LogP contribution in [0.3, 0.4) is 0 Å². The van der Waals surface area contributed by atoms with Crippen molar-refractivity contribution in [2.75, 3.05) is 52.8 Å². The maximum Gasteiger partial charge on any atom is 0.00758 e. The number of hydrogen-bond acceptors (Lipinski definition) is 4. The molecule has 1 rings (SSSR count). The molecule has 0 saturated heterocycles. The Bertz CT molecular complexity index is 308. The van der Waals surface area contributed by atoms with E-state index in [0.717, 1.165) is 22.3 Å². The Balaban J connectivity index is 2.38. The smallest absolute Gasteiger partial charge is 0.00758 e. The number of hydrogen-bond donors (Lipinski definition) is 0. The van der Waals surface area contributed by atoms with Gasteiger partial charge in [0, 0.05) is 35.1 Å². The Morgan fingerprint density at radius 1 is 0.917 bits per heavy atom. The van der Waals surface area contributed by atoms with Crippen LogP contribution < -0.4 is 0 Å². The third-order valence-electron chi connectivity index (χ3n) is 5.15. The highest BCUT2D eigenvalue weighted by Crippen LogP contribution is 2.38. The third kappa shape index (κ3) is 9.94. The Labute approximate surface area is 160 Å². The van der Waals surface area contributed by atoms with E-state index < -0.39 is 0 Å². The molecular formula is C20H42N2S2. The minimum atomic E-state index is 0.806. The van der Waals surface area contributed by atoms with Crippen molar-refractivity contribution in [3.63, 3.8) is 0 Å². The van der Waals surface area contributed by atoms with Gasteiger partial charge in [-0.15, -0.1) is 0 Å². The van der Waals surface area contributed by atoms with E-state index in [1.54, 1.807) is 0 Å². The molecule has 4 heteroatoms. The molecule has 144 valence electrons. The number of nitrogens with zero attached hydrogens (tertiary/aromatic N) is 2. The molecule has 0 aromatic rings. The lowest BCUT2D eigenvalue weighted by atomic mass is 9.84. The maximum atomic E-state index is 2.41. The van der Waals surface area contributed by atoms with Crippen LogP contribution in [0.1, 0.15) is 52.4 Å². The molecule has 0 amide bonds. The zero-order valence-corrected chi connectivity index (χ0v) is 18.7. The van der Waals surface area contributed by atoms with Crippen LogP contribution >= 0.6 is 23.5 Å². The van der Waals surface area contributed by atoms with Gasteiger partial charge in [0.2, 0.25) is 0 Å². The summed E-state index contributed by atoms with van der Waals surface area (Å²) in [5, 5.41) is 1.78. The van der Waals surface area contributed by atoms with E-state index in [1.165, 1.54) is 63.1 Å². The topological polar surface area (TPSA) is 6.48 Å². The van der Waals surface area contributed by atoms with Gasteiger partial charge in [0.15, 0.2) is 0 Å². The van der Waals surface area contributed by atoms with Crippen molar-refractivity contribution in [1.82, 2.24) is 9.80 Å². The highest BCUT2D eigenvalue weighted by Gasteiger charge is 2.26. The second-order valence-electron chi connectivity index (χ2n) is 8.29. The number of rotatable bonds is 12. The van der Waals surface area contributed by atoms with Gasteiger partial charge in [-0.25, -0.2) is 0 Å². The largest absolute Gasteiger partial charge is 0.309 e. The summed E-state index contributed by atoms with van der Waals surface area (Å²) >= 11 is 4.47. The molecule has 0 heterocycles. The van der Waals surface area contributed by atoms with E-state index in [2.05, 4.69) is 75.4 Å². The van der Waals surface area contributed by atoms with Crippen molar-refractivity contribution in [3.8, 4) is 0 Å². The maximum absolute atomic E-state index is 2.41.